The molecular weight excluding hydrogens is 454 g/mol. The molecule has 0 unspecified atom stereocenters. The molecule has 190 valence electrons. The molecule has 36 heavy (non-hydrogen) atoms. The summed E-state index contributed by atoms with van der Waals surface area (Å²) in [5, 5.41) is 2.74. The van der Waals surface area contributed by atoms with Crippen LogP contribution in [0.1, 0.15) is 50.3 Å². The normalized spacial score (nSPS) is 13.4. The first-order valence-corrected chi connectivity index (χ1v) is 11.9. The van der Waals surface area contributed by atoms with Gasteiger partial charge in [0, 0.05) is 5.92 Å². The predicted molar refractivity (Wildman–Crippen MR) is 141 cm³/mol. The van der Waals surface area contributed by atoms with E-state index < -0.39 is 18.1 Å². The number of rotatable bonds is 9. The number of carbonyl (C=O) groups is 2. The molecule has 4 rings (SSSR count). The van der Waals surface area contributed by atoms with E-state index in [1.807, 2.05) is 62.4 Å². The van der Waals surface area contributed by atoms with Crippen molar-refractivity contribution in [2.75, 3.05) is 13.7 Å². The fraction of sp³-hybridized carbons (Fsp3) is 0.333. The van der Waals surface area contributed by atoms with Crippen molar-refractivity contribution in [3.05, 3.63) is 89.5 Å². The zero-order valence-corrected chi connectivity index (χ0v) is 20.3. The number of benzene rings is 3. The number of hydrogen-bond acceptors (Lipinski definition) is 5. The molecule has 0 saturated carbocycles. The lowest BCUT2D eigenvalue weighted by Gasteiger charge is -2.23. The molecule has 1 N–H and O–H groups in total. The van der Waals surface area contributed by atoms with Gasteiger partial charge in [0.25, 0.3) is 0 Å². The van der Waals surface area contributed by atoms with E-state index in [0.717, 1.165) is 33.6 Å². The minimum absolute atomic E-state index is 0. The largest absolute Gasteiger partial charge is 0.497 e. The van der Waals surface area contributed by atoms with Crippen LogP contribution in [0.3, 0.4) is 0 Å². The molecule has 1 aliphatic carbocycles. The van der Waals surface area contributed by atoms with E-state index in [2.05, 4.69) is 29.6 Å². The van der Waals surface area contributed by atoms with Crippen molar-refractivity contribution in [3.8, 4) is 16.9 Å². The fourth-order valence-corrected chi connectivity index (χ4v) is 4.40. The molecule has 0 aromatic heterocycles. The first-order chi connectivity index (χ1) is 17.0. The van der Waals surface area contributed by atoms with Gasteiger partial charge < -0.3 is 19.5 Å². The minimum atomic E-state index is -0.797. The summed E-state index contributed by atoms with van der Waals surface area (Å²) in [5.41, 5.74) is 5.44. The van der Waals surface area contributed by atoms with Crippen molar-refractivity contribution in [3.63, 3.8) is 0 Å². The highest BCUT2D eigenvalue weighted by Gasteiger charge is 2.31. The Kier molecular flexibility index (Phi) is 9.12. The zero-order valence-electron chi connectivity index (χ0n) is 20.3. The second kappa shape index (κ2) is 12.2. The van der Waals surface area contributed by atoms with Crippen LogP contribution in [0.2, 0.25) is 0 Å². The van der Waals surface area contributed by atoms with Gasteiger partial charge in [-0.3, -0.25) is 0 Å². The molecule has 0 bridgehead atoms. The van der Waals surface area contributed by atoms with E-state index in [9.17, 15) is 9.59 Å². The minimum Gasteiger partial charge on any atom is -0.497 e. The average Bonchev–Trinajstić information content (AvgIpc) is 3.22. The van der Waals surface area contributed by atoms with E-state index >= 15 is 0 Å². The third-order valence-electron chi connectivity index (χ3n) is 6.62. The topological polar surface area (TPSA) is 73.9 Å². The highest BCUT2D eigenvalue weighted by atomic mass is 16.6. The lowest BCUT2D eigenvalue weighted by molar-refractivity contribution is -0.148. The van der Waals surface area contributed by atoms with Gasteiger partial charge in [-0.1, -0.05) is 88.4 Å². The predicted octanol–water partition coefficient (Wildman–Crippen LogP) is 6.33. The Balaban J connectivity index is 0.00000361. The number of alkyl carbamates (subject to hydrolysis) is 1. The molecule has 0 saturated heterocycles. The number of methoxy groups -OCH3 is 1. The molecule has 0 heterocycles. The SMILES string of the molecule is C.CC[C@H](C)[C@@H](NC(=O)OCC1c2ccccc2-c2ccccc21)C(=O)OCc1ccc(OC)cc1. The summed E-state index contributed by atoms with van der Waals surface area (Å²) in [5.74, 6) is 0.0919. The number of esters is 1. The van der Waals surface area contributed by atoms with Crippen LogP contribution in [0.15, 0.2) is 72.8 Å². The van der Waals surface area contributed by atoms with Crippen LogP contribution < -0.4 is 10.1 Å². The lowest BCUT2D eigenvalue weighted by Crippen LogP contribution is -2.46. The number of hydrogen-bond donors (Lipinski definition) is 1. The van der Waals surface area contributed by atoms with E-state index in [1.165, 1.54) is 0 Å². The zero-order chi connectivity index (χ0) is 24.8. The molecule has 0 aliphatic heterocycles. The van der Waals surface area contributed by atoms with Gasteiger partial charge in [-0.2, -0.15) is 0 Å². The summed E-state index contributed by atoms with van der Waals surface area (Å²) in [6.45, 7) is 4.17. The summed E-state index contributed by atoms with van der Waals surface area (Å²) in [4.78, 5) is 25.6. The van der Waals surface area contributed by atoms with Crippen LogP contribution in [-0.2, 0) is 20.9 Å². The molecule has 0 fully saturated rings. The summed E-state index contributed by atoms with van der Waals surface area (Å²) in [7, 11) is 1.60. The smallest absolute Gasteiger partial charge is 0.407 e. The second-order valence-corrected chi connectivity index (χ2v) is 8.79. The van der Waals surface area contributed by atoms with Gasteiger partial charge >= 0.3 is 12.1 Å². The average molecular weight is 490 g/mol. The van der Waals surface area contributed by atoms with E-state index in [1.54, 1.807) is 7.11 Å². The Morgan fingerprint density at radius 3 is 2.03 bits per heavy atom. The first-order valence-electron chi connectivity index (χ1n) is 11.9. The first kappa shape index (κ1) is 26.8. The van der Waals surface area contributed by atoms with Crippen molar-refractivity contribution in [1.82, 2.24) is 5.32 Å². The van der Waals surface area contributed by atoms with E-state index in [0.29, 0.717) is 6.42 Å². The number of ether oxygens (including phenoxy) is 3. The molecule has 1 aliphatic rings. The Labute approximate surface area is 213 Å². The summed E-state index contributed by atoms with van der Waals surface area (Å²) >= 11 is 0. The summed E-state index contributed by atoms with van der Waals surface area (Å²) in [6.07, 6.45) is 0.0740. The monoisotopic (exact) mass is 489 g/mol. The molecule has 0 radical (unpaired) electrons. The molecule has 0 spiro atoms. The number of nitrogens with one attached hydrogen (secondary N) is 1. The van der Waals surface area contributed by atoms with Crippen LogP contribution >= 0.6 is 0 Å². The molecule has 3 aromatic carbocycles. The maximum Gasteiger partial charge on any atom is 0.407 e. The van der Waals surface area contributed by atoms with Crippen molar-refractivity contribution >= 4 is 12.1 Å². The highest BCUT2D eigenvalue weighted by Crippen LogP contribution is 2.44. The Bertz CT molecular complexity index is 1130. The molecule has 1 amide bonds. The number of amides is 1. The quantitative estimate of drug-likeness (QED) is 0.356. The van der Waals surface area contributed by atoms with Crippen molar-refractivity contribution in [2.24, 2.45) is 5.92 Å². The van der Waals surface area contributed by atoms with Crippen LogP contribution in [0, 0.1) is 5.92 Å². The Hall–Kier alpha value is -3.80. The van der Waals surface area contributed by atoms with Crippen LogP contribution in [0.25, 0.3) is 11.1 Å². The molecular formula is C30H35NO5. The Morgan fingerprint density at radius 2 is 1.47 bits per heavy atom. The van der Waals surface area contributed by atoms with Crippen molar-refractivity contribution in [1.29, 1.82) is 0 Å². The summed E-state index contributed by atoms with van der Waals surface area (Å²) < 4.78 is 16.3. The fourth-order valence-electron chi connectivity index (χ4n) is 4.40. The standard InChI is InChI=1S/C29H31NO5.CH4/c1-4-19(2)27(28(31)34-17-20-13-15-21(33-3)16-14-20)30-29(32)35-18-26-24-11-7-5-9-22(24)23-10-6-8-12-25(23)26;/h5-16,19,26-27H,4,17-18H2,1-3H3,(H,30,32);1H4/t19-,27+;/m0./s1. The third kappa shape index (κ3) is 5.88. The number of carbonyl (C=O) groups excluding carboxylic acids is 2. The van der Waals surface area contributed by atoms with Gasteiger partial charge in [0.05, 0.1) is 7.11 Å². The second-order valence-electron chi connectivity index (χ2n) is 8.79. The van der Waals surface area contributed by atoms with Crippen LogP contribution in [-0.4, -0.2) is 31.8 Å². The highest BCUT2D eigenvalue weighted by molar-refractivity contribution is 5.82. The van der Waals surface area contributed by atoms with Gasteiger partial charge in [0.1, 0.15) is 25.0 Å². The molecule has 6 nitrogen and oxygen atoms in total. The van der Waals surface area contributed by atoms with Gasteiger partial charge in [-0.05, 0) is 45.9 Å². The molecule has 2 atom stereocenters. The van der Waals surface area contributed by atoms with Crippen molar-refractivity contribution < 1.29 is 23.8 Å². The lowest BCUT2D eigenvalue weighted by atomic mass is 9.98. The van der Waals surface area contributed by atoms with Gasteiger partial charge in [-0.25, -0.2) is 9.59 Å². The maximum atomic E-state index is 12.8. The molecule has 6 heteroatoms. The molecule has 3 aromatic rings. The Morgan fingerprint density at radius 1 is 0.889 bits per heavy atom. The van der Waals surface area contributed by atoms with Gasteiger partial charge in [0.2, 0.25) is 0 Å². The van der Waals surface area contributed by atoms with Crippen LogP contribution in [0.4, 0.5) is 4.79 Å². The van der Waals surface area contributed by atoms with Gasteiger partial charge in [-0.15, -0.1) is 0 Å². The van der Waals surface area contributed by atoms with Gasteiger partial charge in [0.15, 0.2) is 0 Å². The third-order valence-corrected chi connectivity index (χ3v) is 6.62. The van der Waals surface area contributed by atoms with E-state index in [4.69, 9.17) is 14.2 Å². The van der Waals surface area contributed by atoms with Crippen LogP contribution in [0.5, 0.6) is 5.75 Å². The number of fused-ring (bicyclic) bond motifs is 3. The van der Waals surface area contributed by atoms with Crippen molar-refractivity contribution in [2.45, 2.75) is 46.3 Å². The summed E-state index contributed by atoms with van der Waals surface area (Å²) in [6, 6.07) is 22.8. The maximum absolute atomic E-state index is 12.8. The van der Waals surface area contributed by atoms with E-state index in [-0.39, 0.29) is 32.5 Å².